The van der Waals surface area contributed by atoms with E-state index in [4.69, 9.17) is 4.74 Å². The number of aryl methyl sites for hydroxylation is 1. The van der Waals surface area contributed by atoms with Crippen LogP contribution in [-0.4, -0.2) is 60.7 Å². The van der Waals surface area contributed by atoms with Gasteiger partial charge < -0.3 is 19.9 Å². The van der Waals surface area contributed by atoms with Crippen LogP contribution < -0.4 is 15.0 Å². The minimum absolute atomic E-state index is 0.686. The molecule has 1 aliphatic rings. The summed E-state index contributed by atoms with van der Waals surface area (Å²) in [6.45, 7) is 9.05. The molecule has 0 saturated carbocycles. The second-order valence-electron chi connectivity index (χ2n) is 6.46. The standard InChI is InChI=1S/C20H28N6O/c1-4-27-18-7-6-17(14-16(18)2)15-24-19(21-3)25-10-12-26(13-11-25)20-22-8-5-9-23-20/h5-9,14H,4,10-13,15H2,1-3H3,(H,21,24). The Bertz CT molecular complexity index is 756. The highest BCUT2D eigenvalue weighted by Crippen LogP contribution is 2.19. The van der Waals surface area contributed by atoms with Gasteiger partial charge in [-0.2, -0.15) is 0 Å². The lowest BCUT2D eigenvalue weighted by atomic mass is 10.1. The molecule has 0 unspecified atom stereocenters. The third kappa shape index (κ3) is 4.87. The second-order valence-corrected chi connectivity index (χ2v) is 6.46. The number of hydrogen-bond acceptors (Lipinski definition) is 5. The number of guanidine groups is 1. The summed E-state index contributed by atoms with van der Waals surface area (Å²) in [6.07, 6.45) is 3.57. The van der Waals surface area contributed by atoms with Crippen molar-refractivity contribution in [2.75, 3.05) is 44.7 Å². The van der Waals surface area contributed by atoms with Crippen LogP contribution in [-0.2, 0) is 6.54 Å². The van der Waals surface area contributed by atoms with Crippen LogP contribution in [0.15, 0.2) is 41.7 Å². The van der Waals surface area contributed by atoms with E-state index in [1.54, 1.807) is 12.4 Å². The monoisotopic (exact) mass is 368 g/mol. The van der Waals surface area contributed by atoms with E-state index in [0.717, 1.165) is 55.9 Å². The summed E-state index contributed by atoms with van der Waals surface area (Å²) in [6, 6.07) is 8.14. The predicted octanol–water partition coefficient (Wildman–Crippen LogP) is 2.08. The molecule has 0 spiro atoms. The molecule has 0 aliphatic carbocycles. The third-order valence-electron chi connectivity index (χ3n) is 4.62. The molecule has 0 bridgehead atoms. The minimum Gasteiger partial charge on any atom is -0.494 e. The number of hydrogen-bond donors (Lipinski definition) is 1. The van der Waals surface area contributed by atoms with Crippen LogP contribution in [0.4, 0.5) is 5.95 Å². The molecular formula is C20H28N6O. The van der Waals surface area contributed by atoms with Crippen molar-refractivity contribution in [1.29, 1.82) is 0 Å². The first-order valence-electron chi connectivity index (χ1n) is 9.41. The Morgan fingerprint density at radius 1 is 1.19 bits per heavy atom. The molecule has 1 aromatic carbocycles. The maximum Gasteiger partial charge on any atom is 0.225 e. The first-order valence-corrected chi connectivity index (χ1v) is 9.41. The smallest absolute Gasteiger partial charge is 0.225 e. The number of piperazine rings is 1. The summed E-state index contributed by atoms with van der Waals surface area (Å²) < 4.78 is 5.61. The molecule has 2 heterocycles. The lowest BCUT2D eigenvalue weighted by Gasteiger charge is -2.36. The van der Waals surface area contributed by atoms with Gasteiger partial charge in [-0.15, -0.1) is 0 Å². The van der Waals surface area contributed by atoms with Crippen LogP contribution in [0, 0.1) is 6.92 Å². The van der Waals surface area contributed by atoms with Crippen LogP contribution in [0.5, 0.6) is 5.75 Å². The number of aromatic nitrogens is 2. The Morgan fingerprint density at radius 2 is 1.93 bits per heavy atom. The van der Waals surface area contributed by atoms with Gasteiger partial charge in [0.25, 0.3) is 0 Å². The number of nitrogens with one attached hydrogen (secondary N) is 1. The van der Waals surface area contributed by atoms with Gasteiger partial charge in [-0.1, -0.05) is 12.1 Å². The lowest BCUT2D eigenvalue weighted by molar-refractivity contribution is 0.337. The maximum absolute atomic E-state index is 5.61. The van der Waals surface area contributed by atoms with Crippen LogP contribution in [0.2, 0.25) is 0 Å². The van der Waals surface area contributed by atoms with Gasteiger partial charge in [-0.05, 0) is 37.1 Å². The summed E-state index contributed by atoms with van der Waals surface area (Å²) in [5, 5.41) is 3.47. The van der Waals surface area contributed by atoms with Crippen LogP contribution in [0.3, 0.4) is 0 Å². The topological polar surface area (TPSA) is 65.9 Å². The first-order chi connectivity index (χ1) is 13.2. The van der Waals surface area contributed by atoms with E-state index in [2.05, 4.69) is 49.1 Å². The molecule has 0 amide bonds. The SMILES string of the molecule is CCOc1ccc(CNC(=NC)N2CCN(c3ncccn3)CC2)cc1C. The predicted molar refractivity (Wildman–Crippen MR) is 108 cm³/mol. The summed E-state index contributed by atoms with van der Waals surface area (Å²) in [5.74, 6) is 2.67. The Hall–Kier alpha value is -2.83. The van der Waals surface area contributed by atoms with Crippen molar-refractivity contribution < 1.29 is 4.74 Å². The van der Waals surface area contributed by atoms with E-state index in [1.807, 2.05) is 26.1 Å². The number of rotatable bonds is 5. The van der Waals surface area contributed by atoms with E-state index in [-0.39, 0.29) is 0 Å². The fourth-order valence-corrected chi connectivity index (χ4v) is 3.23. The van der Waals surface area contributed by atoms with Gasteiger partial charge in [-0.3, -0.25) is 4.99 Å². The summed E-state index contributed by atoms with van der Waals surface area (Å²) >= 11 is 0. The molecule has 1 fully saturated rings. The number of nitrogens with zero attached hydrogens (tertiary/aromatic N) is 5. The molecule has 0 atom stereocenters. The molecule has 0 radical (unpaired) electrons. The molecule has 1 aromatic heterocycles. The summed E-state index contributed by atoms with van der Waals surface area (Å²) in [7, 11) is 1.83. The van der Waals surface area contributed by atoms with Gasteiger partial charge in [0.2, 0.25) is 5.95 Å². The van der Waals surface area contributed by atoms with E-state index in [1.165, 1.54) is 5.56 Å². The van der Waals surface area contributed by atoms with Crippen molar-refractivity contribution in [3.63, 3.8) is 0 Å². The molecule has 1 saturated heterocycles. The van der Waals surface area contributed by atoms with Gasteiger partial charge in [0.1, 0.15) is 5.75 Å². The quantitative estimate of drug-likeness (QED) is 0.644. The average Bonchev–Trinajstić information content (AvgIpc) is 2.71. The average molecular weight is 368 g/mol. The van der Waals surface area contributed by atoms with E-state index < -0.39 is 0 Å². The maximum atomic E-state index is 5.61. The van der Waals surface area contributed by atoms with Crippen molar-refractivity contribution in [2.45, 2.75) is 20.4 Å². The number of anilines is 1. The third-order valence-corrected chi connectivity index (χ3v) is 4.62. The van der Waals surface area contributed by atoms with Gasteiger partial charge in [0, 0.05) is 52.2 Å². The van der Waals surface area contributed by atoms with Crippen molar-refractivity contribution in [1.82, 2.24) is 20.2 Å². The lowest BCUT2D eigenvalue weighted by Crippen LogP contribution is -2.52. The van der Waals surface area contributed by atoms with Gasteiger partial charge in [-0.25, -0.2) is 9.97 Å². The number of benzene rings is 1. The van der Waals surface area contributed by atoms with Gasteiger partial charge in [0.15, 0.2) is 5.96 Å². The highest BCUT2D eigenvalue weighted by molar-refractivity contribution is 5.80. The molecule has 7 heteroatoms. The molecule has 1 N–H and O–H groups in total. The molecular weight excluding hydrogens is 340 g/mol. The van der Waals surface area contributed by atoms with E-state index in [0.29, 0.717) is 6.61 Å². The number of aliphatic imine (C=N–C) groups is 1. The highest BCUT2D eigenvalue weighted by atomic mass is 16.5. The Labute approximate surface area is 161 Å². The molecule has 3 rings (SSSR count). The molecule has 1 aliphatic heterocycles. The van der Waals surface area contributed by atoms with Crippen LogP contribution in [0.25, 0.3) is 0 Å². The van der Waals surface area contributed by atoms with E-state index >= 15 is 0 Å². The second kappa shape index (κ2) is 9.21. The Morgan fingerprint density at radius 3 is 2.56 bits per heavy atom. The molecule has 7 nitrogen and oxygen atoms in total. The van der Waals surface area contributed by atoms with Crippen molar-refractivity contribution in [3.05, 3.63) is 47.8 Å². The normalized spacial score (nSPS) is 15.0. The van der Waals surface area contributed by atoms with E-state index in [9.17, 15) is 0 Å². The number of ether oxygens (including phenoxy) is 1. The zero-order chi connectivity index (χ0) is 19.1. The van der Waals surface area contributed by atoms with Crippen LogP contribution in [0.1, 0.15) is 18.1 Å². The Kier molecular flexibility index (Phi) is 6.46. The minimum atomic E-state index is 0.686. The summed E-state index contributed by atoms with van der Waals surface area (Å²) in [5.41, 5.74) is 2.37. The fraction of sp³-hybridized carbons (Fsp3) is 0.450. The van der Waals surface area contributed by atoms with Crippen molar-refractivity contribution >= 4 is 11.9 Å². The largest absolute Gasteiger partial charge is 0.494 e. The van der Waals surface area contributed by atoms with Gasteiger partial charge in [0.05, 0.1) is 6.61 Å². The molecule has 144 valence electrons. The molecule has 27 heavy (non-hydrogen) atoms. The van der Waals surface area contributed by atoms with Gasteiger partial charge >= 0.3 is 0 Å². The van der Waals surface area contributed by atoms with Crippen LogP contribution >= 0.6 is 0 Å². The Balaban J connectivity index is 1.53. The fourth-order valence-electron chi connectivity index (χ4n) is 3.23. The first kappa shape index (κ1) is 18.9. The zero-order valence-electron chi connectivity index (χ0n) is 16.4. The van der Waals surface area contributed by atoms with Crippen molar-refractivity contribution in [2.24, 2.45) is 4.99 Å². The zero-order valence-corrected chi connectivity index (χ0v) is 16.4. The molecule has 2 aromatic rings. The highest BCUT2D eigenvalue weighted by Gasteiger charge is 2.21. The summed E-state index contributed by atoms with van der Waals surface area (Å²) in [4.78, 5) is 17.6. The van der Waals surface area contributed by atoms with Crippen molar-refractivity contribution in [3.8, 4) is 5.75 Å².